The molecular formula is C44H75N3O33. The number of carbonyl (C=O) groups is 3. The minimum Gasteiger partial charge on any atom is -0.394 e. The third-order valence-corrected chi connectivity index (χ3v) is 14.2. The molecule has 0 aromatic heterocycles. The zero-order valence-corrected chi connectivity index (χ0v) is 42.8. The van der Waals surface area contributed by atoms with Gasteiger partial charge in [-0.15, -0.1) is 0 Å². The van der Waals surface area contributed by atoms with Gasteiger partial charge in [-0.25, -0.2) is 0 Å². The van der Waals surface area contributed by atoms with Crippen LogP contribution in [0.25, 0.3) is 0 Å². The van der Waals surface area contributed by atoms with Gasteiger partial charge in [0.25, 0.3) is 0 Å². The Morgan fingerprint density at radius 3 is 1.26 bits per heavy atom. The summed E-state index contributed by atoms with van der Waals surface area (Å²) in [5.74, 6) is -1.69. The first-order chi connectivity index (χ1) is 38.0. The minimum atomic E-state index is -2.22. The van der Waals surface area contributed by atoms with Crippen LogP contribution in [0, 0.1) is 0 Å². The molecular weight excluding hydrogens is 1100 g/mol. The fourth-order valence-electron chi connectivity index (χ4n) is 9.80. The van der Waals surface area contributed by atoms with Gasteiger partial charge >= 0.3 is 0 Å². The maximum atomic E-state index is 12.8. The van der Waals surface area contributed by atoms with Crippen molar-refractivity contribution in [2.24, 2.45) is 0 Å². The lowest BCUT2D eigenvalue weighted by molar-refractivity contribution is -0.382. The standard InChI is InChI=1S/C44H75N3O33/c1-12(55)46-21-36(78-42-31(65)28(62)23(57)15(4-49)73-42)25(59)16(5-50)71-39(21)70-10-20-24(58)29(63)32(66)43(76-20)79-37-22(47-13(2)56)40(72-17(6-51)26(37)60)80-38-27(61)18(7-52)74-44(34(38)68)77-35-19(8-53)75-41(33(67)30(35)64)69-9-14(3-48)45-11-54/h11,14-44,48-53,57-68H,3-10H2,1-2H3,(H,45,54)(H,46,55)(H,47,56)/t14-,15-,16-,17-,18-,19-,20-,21-,22-,23+,24+,25-,26-,27+,28+,29+,30-,31-,32-,33-,34-,35-,36-,37-,38+,39-,40+,41-,42+,43+,44+/m1/s1. The summed E-state index contributed by atoms with van der Waals surface area (Å²) in [4.78, 5) is 36.2. The van der Waals surface area contributed by atoms with Crippen molar-refractivity contribution in [3.63, 3.8) is 0 Å². The molecule has 0 aromatic carbocycles. The van der Waals surface area contributed by atoms with Crippen molar-refractivity contribution in [3.05, 3.63) is 0 Å². The maximum absolute atomic E-state index is 12.8. The van der Waals surface area contributed by atoms with E-state index in [1.165, 1.54) is 0 Å². The lowest BCUT2D eigenvalue weighted by atomic mass is 9.94. The molecule has 6 rings (SSSR count). The third kappa shape index (κ3) is 15.0. The van der Waals surface area contributed by atoms with E-state index in [0.717, 1.165) is 13.8 Å². The molecule has 6 fully saturated rings. The fourth-order valence-corrected chi connectivity index (χ4v) is 9.80. The summed E-state index contributed by atoms with van der Waals surface area (Å²) in [6, 6.07) is -4.41. The van der Waals surface area contributed by atoms with Crippen LogP contribution < -0.4 is 16.0 Å². The Kier molecular flexibility index (Phi) is 24.7. The van der Waals surface area contributed by atoms with E-state index in [9.17, 15) is 106 Å². The van der Waals surface area contributed by atoms with Gasteiger partial charge in [-0.05, 0) is 0 Å². The van der Waals surface area contributed by atoms with Crippen LogP contribution in [-0.4, -0.2) is 353 Å². The van der Waals surface area contributed by atoms with E-state index in [1.807, 2.05) is 0 Å². The highest BCUT2D eigenvalue weighted by Gasteiger charge is 2.57. The molecule has 21 N–H and O–H groups in total. The lowest BCUT2D eigenvalue weighted by Crippen LogP contribution is -2.70. The summed E-state index contributed by atoms with van der Waals surface area (Å²) in [6.45, 7) is -4.72. The zero-order chi connectivity index (χ0) is 59.0. The van der Waals surface area contributed by atoms with Crippen LogP contribution in [0.4, 0.5) is 0 Å². The Labute approximate surface area is 453 Å². The molecule has 0 unspecified atom stereocenters. The Morgan fingerprint density at radius 2 is 0.787 bits per heavy atom. The number of nitrogens with one attached hydrogen (secondary N) is 3. The highest BCUT2D eigenvalue weighted by molar-refractivity contribution is 5.73. The largest absolute Gasteiger partial charge is 0.394 e. The third-order valence-electron chi connectivity index (χ3n) is 14.2. The number of aliphatic hydroxyl groups excluding tert-OH is 18. The van der Waals surface area contributed by atoms with Crippen LogP contribution in [0.3, 0.4) is 0 Å². The van der Waals surface area contributed by atoms with Gasteiger partial charge in [0.15, 0.2) is 37.7 Å². The normalized spacial score (nSPS) is 46.8. The molecule has 6 saturated heterocycles. The van der Waals surface area contributed by atoms with Crippen molar-refractivity contribution in [1.82, 2.24) is 16.0 Å². The molecule has 36 nitrogen and oxygen atoms in total. The van der Waals surface area contributed by atoms with E-state index >= 15 is 0 Å². The second-order valence-electron chi connectivity index (χ2n) is 19.7. The van der Waals surface area contributed by atoms with Crippen LogP contribution >= 0.6 is 0 Å². The van der Waals surface area contributed by atoms with Gasteiger partial charge in [-0.2, -0.15) is 0 Å². The number of amides is 3. The molecule has 36 heteroatoms. The number of hydrogen-bond donors (Lipinski definition) is 21. The van der Waals surface area contributed by atoms with Crippen molar-refractivity contribution in [2.45, 2.75) is 204 Å². The van der Waals surface area contributed by atoms with E-state index in [-0.39, 0.29) is 6.41 Å². The highest BCUT2D eigenvalue weighted by atomic mass is 16.8. The van der Waals surface area contributed by atoms with E-state index in [0.29, 0.717) is 0 Å². The van der Waals surface area contributed by atoms with Gasteiger partial charge in [0.05, 0.1) is 58.9 Å². The lowest BCUT2D eigenvalue weighted by Gasteiger charge is -2.50. The van der Waals surface area contributed by atoms with Gasteiger partial charge in [0, 0.05) is 13.8 Å². The molecule has 0 spiro atoms. The number of rotatable bonds is 24. The molecule has 6 heterocycles. The summed E-state index contributed by atoms with van der Waals surface area (Å²) in [6.07, 6.45) is -53.0. The Morgan fingerprint density at radius 1 is 0.412 bits per heavy atom. The van der Waals surface area contributed by atoms with Gasteiger partial charge in [0.1, 0.15) is 146 Å². The summed E-state index contributed by atoms with van der Waals surface area (Å²) in [5, 5.41) is 200. The molecule has 80 heavy (non-hydrogen) atoms. The van der Waals surface area contributed by atoms with Crippen molar-refractivity contribution >= 4 is 18.2 Å². The Hall–Kier alpha value is -2.79. The van der Waals surface area contributed by atoms with Crippen LogP contribution in [0.2, 0.25) is 0 Å². The van der Waals surface area contributed by atoms with Gasteiger partial charge in [-0.3, -0.25) is 14.4 Å². The van der Waals surface area contributed by atoms with Gasteiger partial charge < -0.3 is 165 Å². The molecule has 0 saturated carbocycles. The molecule has 0 radical (unpaired) electrons. The van der Waals surface area contributed by atoms with Crippen molar-refractivity contribution in [2.75, 3.05) is 52.9 Å². The average Bonchev–Trinajstić information content (AvgIpc) is 3.55. The summed E-state index contributed by atoms with van der Waals surface area (Å²) in [5.41, 5.74) is 0. The first kappa shape index (κ1) is 66.4. The Bertz CT molecular complexity index is 1920. The van der Waals surface area contributed by atoms with Crippen molar-refractivity contribution < 1.29 is 163 Å². The molecule has 3 amide bonds. The average molecular weight is 1170 g/mol. The molecule has 31 atom stereocenters. The Balaban J connectivity index is 1.20. The predicted molar refractivity (Wildman–Crippen MR) is 246 cm³/mol. The zero-order valence-electron chi connectivity index (χ0n) is 42.8. The molecule has 464 valence electrons. The predicted octanol–water partition coefficient (Wildman–Crippen LogP) is -14.7. The van der Waals surface area contributed by atoms with Crippen LogP contribution in [0.1, 0.15) is 13.8 Å². The van der Waals surface area contributed by atoms with Crippen LogP contribution in [0.15, 0.2) is 0 Å². The smallest absolute Gasteiger partial charge is 0.217 e. The summed E-state index contributed by atoms with van der Waals surface area (Å²) in [7, 11) is 0. The van der Waals surface area contributed by atoms with E-state index in [4.69, 9.17) is 56.8 Å². The van der Waals surface area contributed by atoms with Crippen LogP contribution in [-0.2, 0) is 71.2 Å². The summed E-state index contributed by atoms with van der Waals surface area (Å²) >= 11 is 0. The maximum Gasteiger partial charge on any atom is 0.217 e. The van der Waals surface area contributed by atoms with E-state index in [1.54, 1.807) is 0 Å². The molecule has 6 aliphatic heterocycles. The first-order valence-electron chi connectivity index (χ1n) is 25.3. The second kappa shape index (κ2) is 29.8. The quantitative estimate of drug-likeness (QED) is 0.0399. The van der Waals surface area contributed by atoms with Gasteiger partial charge in [-0.1, -0.05) is 0 Å². The first-order valence-corrected chi connectivity index (χ1v) is 25.3. The SMILES string of the molecule is CC(=O)N[C@H]1[C@H](OC[C@H]2O[C@@H](O[C@H]3[C@H](O)[C@@H](CO)O[C@@H](O[C@H]4[C@@H](O)[C@@H](CO)O[C@@H](O[C@H]5[C@H](O)[C@@H](O)[C@H](OC[C@@H](CO)NC=O)O[C@@H]5CO)[C@@H]4O)[C@@H]3NC(C)=O)[C@H](O)[C@@H](O)[C@H]2O)O[C@H](CO)[C@@H](O)[C@@H]1O[C@@H]1O[C@H](CO)[C@H](O)[C@H](O)[C@H]1O. The molecule has 6 aliphatic rings. The monoisotopic (exact) mass is 1170 g/mol. The van der Waals surface area contributed by atoms with Crippen molar-refractivity contribution in [3.8, 4) is 0 Å². The van der Waals surface area contributed by atoms with Crippen LogP contribution in [0.5, 0.6) is 0 Å². The van der Waals surface area contributed by atoms with Crippen molar-refractivity contribution in [1.29, 1.82) is 0 Å². The number of aliphatic hydroxyl groups is 18. The number of hydrogen-bond acceptors (Lipinski definition) is 33. The molecule has 0 aliphatic carbocycles. The van der Waals surface area contributed by atoms with E-state index < -0.39 is 255 Å². The fraction of sp³-hybridized carbons (Fsp3) is 0.932. The number of ether oxygens (including phenoxy) is 12. The second-order valence-corrected chi connectivity index (χ2v) is 19.7. The molecule has 0 bridgehead atoms. The highest BCUT2D eigenvalue weighted by Crippen LogP contribution is 2.36. The topological polar surface area (TPSA) is 562 Å². The number of carbonyl (C=O) groups excluding carboxylic acids is 3. The van der Waals surface area contributed by atoms with Gasteiger partial charge in [0.2, 0.25) is 18.2 Å². The van der Waals surface area contributed by atoms with E-state index in [2.05, 4.69) is 16.0 Å². The summed E-state index contributed by atoms with van der Waals surface area (Å²) < 4.78 is 68.8. The molecule has 0 aromatic rings. The minimum absolute atomic E-state index is 0.273.